The maximum Gasteiger partial charge on any atom is 0.235 e. The van der Waals surface area contributed by atoms with Crippen molar-refractivity contribution in [3.63, 3.8) is 0 Å². The summed E-state index contributed by atoms with van der Waals surface area (Å²) < 4.78 is 11.1. The summed E-state index contributed by atoms with van der Waals surface area (Å²) in [5.74, 6) is 0.591. The lowest BCUT2D eigenvalue weighted by atomic mass is 10.1. The van der Waals surface area contributed by atoms with Gasteiger partial charge in [0.1, 0.15) is 16.6 Å². The summed E-state index contributed by atoms with van der Waals surface area (Å²) in [6.45, 7) is 0. The molecule has 0 bridgehead atoms. The molecule has 0 aliphatic rings. The maximum absolute atomic E-state index is 6.71. The van der Waals surface area contributed by atoms with E-state index in [-0.39, 0.29) is 0 Å². The molecule has 0 spiro atoms. The molecule has 5 heterocycles. The number of rotatable bonds is 2. The van der Waals surface area contributed by atoms with Gasteiger partial charge in [-0.15, -0.1) is 0 Å². The minimum Gasteiger partial charge on any atom is -0.454 e. The molecule has 5 aromatic carbocycles. The molecule has 10 rings (SSSR count). The lowest BCUT2D eigenvalue weighted by Gasteiger charge is -2.12. The Labute approximate surface area is 244 Å². The molecule has 0 saturated carbocycles. The van der Waals surface area contributed by atoms with Gasteiger partial charge in [-0.2, -0.15) is 0 Å². The van der Waals surface area contributed by atoms with Crippen molar-refractivity contribution in [2.24, 2.45) is 0 Å². The summed E-state index contributed by atoms with van der Waals surface area (Å²) in [6, 6.07) is 43.4. The number of nitrogens with zero attached hydrogens (tertiary/aromatic N) is 5. The van der Waals surface area contributed by atoms with E-state index in [9.17, 15) is 0 Å². The summed E-state index contributed by atoms with van der Waals surface area (Å²) in [6.07, 6.45) is 0. The van der Waals surface area contributed by atoms with E-state index in [0.29, 0.717) is 5.95 Å². The fourth-order valence-electron chi connectivity index (χ4n) is 6.70. The van der Waals surface area contributed by atoms with Crippen LogP contribution in [-0.4, -0.2) is 23.9 Å². The second-order valence-corrected chi connectivity index (χ2v) is 10.9. The molecule has 10 aromatic rings. The van der Waals surface area contributed by atoms with Crippen LogP contribution in [0.2, 0.25) is 0 Å². The minimum atomic E-state index is 0.591. The van der Waals surface area contributed by atoms with E-state index < -0.39 is 0 Å². The lowest BCUT2D eigenvalue weighted by molar-refractivity contribution is 0.672. The fraction of sp³-hybridized carbons (Fsp3) is 0. The second kappa shape index (κ2) is 8.27. The summed E-state index contributed by atoms with van der Waals surface area (Å²) in [5, 5.41) is 4.13. The van der Waals surface area contributed by atoms with Crippen molar-refractivity contribution in [3.05, 3.63) is 127 Å². The highest BCUT2D eigenvalue weighted by Gasteiger charge is 2.26. The Bertz CT molecular complexity index is 2730. The third-order valence-electron chi connectivity index (χ3n) is 8.51. The third-order valence-corrected chi connectivity index (χ3v) is 8.51. The number of hydrogen-bond donors (Lipinski definition) is 0. The predicted octanol–water partition coefficient (Wildman–Crippen LogP) is 9.09. The van der Waals surface area contributed by atoms with Gasteiger partial charge in [0.15, 0.2) is 11.2 Å². The van der Waals surface area contributed by atoms with Crippen LogP contribution in [0, 0.1) is 0 Å². The first-order chi connectivity index (χ1) is 21.3. The number of imidazole rings is 1. The lowest BCUT2D eigenvalue weighted by Crippen LogP contribution is -2.04. The Kier molecular flexibility index (Phi) is 4.36. The molecule has 0 amide bonds. The van der Waals surface area contributed by atoms with Crippen molar-refractivity contribution in [2.75, 3.05) is 0 Å². The van der Waals surface area contributed by atoms with Crippen LogP contribution in [0.5, 0.6) is 0 Å². The van der Waals surface area contributed by atoms with Gasteiger partial charge in [-0.05, 0) is 36.4 Å². The van der Waals surface area contributed by atoms with Crippen LogP contribution in [0.15, 0.2) is 132 Å². The number of aromatic nitrogens is 5. The van der Waals surface area contributed by atoms with Crippen molar-refractivity contribution in [3.8, 4) is 17.2 Å². The maximum atomic E-state index is 6.71. The van der Waals surface area contributed by atoms with Crippen LogP contribution in [0.1, 0.15) is 0 Å². The van der Waals surface area contributed by atoms with Gasteiger partial charge in [-0.1, -0.05) is 91.0 Å². The fourth-order valence-corrected chi connectivity index (χ4v) is 6.70. The van der Waals surface area contributed by atoms with Crippen LogP contribution in [0.3, 0.4) is 0 Å². The van der Waals surface area contributed by atoms with E-state index in [1.54, 1.807) is 0 Å². The topological polar surface area (TPSA) is 61.2 Å². The summed E-state index contributed by atoms with van der Waals surface area (Å²) in [4.78, 5) is 15.7. The first-order valence-electron chi connectivity index (χ1n) is 14.3. The van der Waals surface area contributed by atoms with Gasteiger partial charge in [0.05, 0.1) is 33.1 Å². The van der Waals surface area contributed by atoms with Gasteiger partial charge in [0.25, 0.3) is 0 Å². The highest BCUT2D eigenvalue weighted by Crippen LogP contribution is 2.43. The summed E-state index contributed by atoms with van der Waals surface area (Å²) in [7, 11) is 0. The minimum absolute atomic E-state index is 0.591. The molecule has 43 heavy (non-hydrogen) atoms. The highest BCUT2D eigenvalue weighted by atomic mass is 16.3. The molecule has 6 heteroatoms. The zero-order chi connectivity index (χ0) is 28.1. The molecule has 0 saturated heterocycles. The van der Waals surface area contributed by atoms with Gasteiger partial charge in [-0.3, -0.25) is 8.97 Å². The zero-order valence-electron chi connectivity index (χ0n) is 22.8. The average molecular weight is 552 g/mol. The number of hydrogen-bond acceptors (Lipinski definition) is 4. The zero-order valence-corrected chi connectivity index (χ0v) is 22.8. The normalized spacial score (nSPS) is 12.2. The standard InChI is InChI=1S/C37H21N5O/c1-2-12-22(13-3-1)32-23-14-4-7-17-26(23)39-37(40-32)42-28-19-9-5-15-24(28)31-34(42)36-38-27-18-8-10-20-29(27)41(36)33-25-16-6-11-21-30(25)43-35(31)33/h1-21H. The summed E-state index contributed by atoms with van der Waals surface area (Å²) in [5.41, 5.74) is 10.2. The van der Waals surface area contributed by atoms with Crippen molar-refractivity contribution >= 4 is 71.5 Å². The van der Waals surface area contributed by atoms with Crippen LogP contribution in [0.4, 0.5) is 0 Å². The van der Waals surface area contributed by atoms with Gasteiger partial charge in [0, 0.05) is 21.7 Å². The van der Waals surface area contributed by atoms with Crippen LogP contribution < -0.4 is 0 Å². The van der Waals surface area contributed by atoms with Crippen molar-refractivity contribution in [1.82, 2.24) is 23.9 Å². The molecule has 6 nitrogen and oxygen atoms in total. The van der Waals surface area contributed by atoms with E-state index in [0.717, 1.165) is 82.7 Å². The van der Waals surface area contributed by atoms with Crippen LogP contribution in [0.25, 0.3) is 88.7 Å². The molecular formula is C37H21N5O. The van der Waals surface area contributed by atoms with Gasteiger partial charge in [-0.25, -0.2) is 15.0 Å². The first-order valence-corrected chi connectivity index (χ1v) is 14.3. The molecule has 0 aliphatic heterocycles. The quantitative estimate of drug-likeness (QED) is 0.215. The van der Waals surface area contributed by atoms with Crippen LogP contribution in [-0.2, 0) is 0 Å². The smallest absolute Gasteiger partial charge is 0.235 e. The molecule has 0 N–H and O–H groups in total. The molecule has 5 aromatic heterocycles. The van der Waals surface area contributed by atoms with Crippen molar-refractivity contribution in [1.29, 1.82) is 0 Å². The summed E-state index contributed by atoms with van der Waals surface area (Å²) >= 11 is 0. The molecule has 200 valence electrons. The third kappa shape index (κ3) is 2.99. The number of para-hydroxylation sites is 5. The molecule has 0 fully saturated rings. The Morgan fingerprint density at radius 3 is 2.05 bits per heavy atom. The Balaban J connectivity index is 1.48. The van der Waals surface area contributed by atoms with Crippen LogP contribution >= 0.6 is 0 Å². The average Bonchev–Trinajstić information content (AvgIpc) is 3.74. The molecule has 0 atom stereocenters. The number of fused-ring (bicyclic) bond motifs is 13. The Hall–Kier alpha value is -6.01. The monoisotopic (exact) mass is 551 g/mol. The van der Waals surface area contributed by atoms with E-state index in [2.05, 4.69) is 87.8 Å². The van der Waals surface area contributed by atoms with E-state index in [1.807, 2.05) is 48.5 Å². The molecule has 0 radical (unpaired) electrons. The van der Waals surface area contributed by atoms with Gasteiger partial charge >= 0.3 is 0 Å². The molecular weight excluding hydrogens is 530 g/mol. The van der Waals surface area contributed by atoms with E-state index in [4.69, 9.17) is 19.4 Å². The van der Waals surface area contributed by atoms with E-state index >= 15 is 0 Å². The largest absolute Gasteiger partial charge is 0.454 e. The number of furan rings is 1. The second-order valence-electron chi connectivity index (χ2n) is 10.9. The molecule has 0 unspecified atom stereocenters. The predicted molar refractivity (Wildman–Crippen MR) is 173 cm³/mol. The van der Waals surface area contributed by atoms with E-state index in [1.165, 1.54) is 0 Å². The molecule has 0 aliphatic carbocycles. The number of pyridine rings is 1. The van der Waals surface area contributed by atoms with Crippen molar-refractivity contribution in [2.45, 2.75) is 0 Å². The van der Waals surface area contributed by atoms with Crippen molar-refractivity contribution < 1.29 is 4.42 Å². The first kappa shape index (κ1) is 22.7. The Morgan fingerprint density at radius 1 is 0.512 bits per heavy atom. The number of benzene rings is 5. The SMILES string of the molecule is c1ccc(-c2nc(-n3c4ccccc4c4c5oc6ccccc6c5n5c6ccccc6nc5c43)nc3ccccc23)cc1. The Morgan fingerprint density at radius 2 is 1.19 bits per heavy atom. The van der Waals surface area contributed by atoms with Gasteiger partial charge in [0.2, 0.25) is 5.95 Å². The highest BCUT2D eigenvalue weighted by molar-refractivity contribution is 6.27. The van der Waals surface area contributed by atoms with Gasteiger partial charge < -0.3 is 4.42 Å².